The van der Waals surface area contributed by atoms with Crippen molar-refractivity contribution in [3.8, 4) is 11.6 Å². The number of nitrogens with zero attached hydrogens (tertiary/aromatic N) is 2. The van der Waals surface area contributed by atoms with Crippen molar-refractivity contribution < 1.29 is 31.1 Å². The lowest BCUT2D eigenvalue weighted by molar-refractivity contribution is -0.137. The number of benzene rings is 1. The van der Waals surface area contributed by atoms with E-state index in [1.165, 1.54) is 12.1 Å². The molecule has 3 unspecified atom stereocenters. The summed E-state index contributed by atoms with van der Waals surface area (Å²) in [5.74, 6) is 1.36. The maximum atomic E-state index is 12.8. The van der Waals surface area contributed by atoms with Crippen molar-refractivity contribution in [1.29, 1.82) is 0 Å². The van der Waals surface area contributed by atoms with Crippen molar-refractivity contribution in [2.24, 2.45) is 11.8 Å². The normalized spacial score (nSPS) is 22.0. The van der Waals surface area contributed by atoms with Crippen LogP contribution in [0.4, 0.5) is 26.3 Å². The van der Waals surface area contributed by atoms with E-state index >= 15 is 0 Å². The first-order chi connectivity index (χ1) is 17.0. The fraction of sp³-hybridized carbons (Fsp3) is 0.480. The number of rotatable bonds is 9. The van der Waals surface area contributed by atoms with Gasteiger partial charge in [0.2, 0.25) is 5.88 Å². The lowest BCUT2D eigenvalue weighted by Crippen LogP contribution is -2.37. The van der Waals surface area contributed by atoms with Crippen LogP contribution in [-0.4, -0.2) is 41.6 Å². The zero-order valence-electron chi connectivity index (χ0n) is 19.7. The van der Waals surface area contributed by atoms with Gasteiger partial charge in [0.15, 0.2) is 0 Å². The average molecular weight is 515 g/mol. The van der Waals surface area contributed by atoms with Crippen molar-refractivity contribution in [2.45, 2.75) is 44.7 Å². The third-order valence-corrected chi connectivity index (χ3v) is 6.38. The van der Waals surface area contributed by atoms with E-state index in [1.807, 2.05) is 13.0 Å². The number of aromatic nitrogens is 2. The highest BCUT2D eigenvalue weighted by atomic mass is 19.4. The fourth-order valence-electron chi connectivity index (χ4n) is 4.64. The maximum Gasteiger partial charge on any atom is 0.416 e. The molecule has 3 atom stereocenters. The van der Waals surface area contributed by atoms with Crippen molar-refractivity contribution >= 4 is 5.57 Å². The summed E-state index contributed by atoms with van der Waals surface area (Å²) >= 11 is 0. The summed E-state index contributed by atoms with van der Waals surface area (Å²) in [5, 5.41) is 10.3. The Morgan fingerprint density at radius 3 is 2.42 bits per heavy atom. The Labute approximate surface area is 205 Å². The highest BCUT2D eigenvalue weighted by Crippen LogP contribution is 2.40. The summed E-state index contributed by atoms with van der Waals surface area (Å²) in [6, 6.07) is 6.52. The molecule has 36 heavy (non-hydrogen) atoms. The molecule has 1 aromatic heterocycles. The Hall–Kier alpha value is -2.79. The minimum Gasteiger partial charge on any atom is -0.439 e. The first-order valence-electron chi connectivity index (χ1n) is 11.9. The molecular weight excluding hydrogens is 486 g/mol. The predicted molar refractivity (Wildman–Crippen MR) is 123 cm³/mol. The van der Waals surface area contributed by atoms with Crippen molar-refractivity contribution in [2.75, 3.05) is 19.6 Å². The van der Waals surface area contributed by atoms with E-state index in [1.54, 1.807) is 10.7 Å². The third kappa shape index (κ3) is 6.70. The fourth-order valence-corrected chi connectivity index (χ4v) is 4.64. The van der Waals surface area contributed by atoms with E-state index in [2.05, 4.69) is 27.9 Å². The Kier molecular flexibility index (Phi) is 7.79. The van der Waals surface area contributed by atoms with Crippen LogP contribution < -0.4 is 15.4 Å². The third-order valence-electron chi connectivity index (χ3n) is 6.38. The number of fused-ring (bicyclic) bond motifs is 1. The summed E-state index contributed by atoms with van der Waals surface area (Å²) in [7, 11) is 0. The minimum absolute atomic E-state index is 0.222. The monoisotopic (exact) mass is 514 g/mol. The zero-order valence-corrected chi connectivity index (χ0v) is 19.7. The molecule has 1 aromatic carbocycles. The van der Waals surface area contributed by atoms with Crippen LogP contribution in [-0.2, 0) is 12.7 Å². The van der Waals surface area contributed by atoms with Gasteiger partial charge in [-0.05, 0) is 61.4 Å². The molecule has 0 radical (unpaired) electrons. The van der Waals surface area contributed by atoms with Crippen LogP contribution in [0.1, 0.15) is 31.0 Å². The molecule has 2 N–H and O–H groups in total. The molecule has 5 nitrogen and oxygen atoms in total. The van der Waals surface area contributed by atoms with Crippen molar-refractivity contribution in [3.63, 3.8) is 0 Å². The highest BCUT2D eigenvalue weighted by Gasteiger charge is 2.34. The lowest BCUT2D eigenvalue weighted by Gasteiger charge is -2.17. The minimum atomic E-state index is -4.41. The smallest absolute Gasteiger partial charge is 0.416 e. The van der Waals surface area contributed by atoms with Gasteiger partial charge < -0.3 is 15.4 Å². The molecule has 2 aliphatic rings. The molecule has 2 aliphatic carbocycles. The van der Waals surface area contributed by atoms with Crippen LogP contribution in [0.5, 0.6) is 11.6 Å². The second-order valence-corrected chi connectivity index (χ2v) is 9.03. The average Bonchev–Trinajstić information content (AvgIpc) is 3.40. The topological polar surface area (TPSA) is 51.1 Å². The molecule has 1 saturated carbocycles. The summed E-state index contributed by atoms with van der Waals surface area (Å²) in [6.45, 7) is 2.14. The summed E-state index contributed by atoms with van der Waals surface area (Å²) in [6.07, 6.45) is -0.506. The second kappa shape index (κ2) is 10.7. The quantitative estimate of drug-likeness (QED) is 0.328. The van der Waals surface area contributed by atoms with E-state index in [4.69, 9.17) is 4.74 Å². The first kappa shape index (κ1) is 26.3. The summed E-state index contributed by atoms with van der Waals surface area (Å²) in [5.41, 5.74) is 0.906. The van der Waals surface area contributed by atoms with Crippen LogP contribution in [0.2, 0.25) is 0 Å². The van der Waals surface area contributed by atoms with Crippen LogP contribution in [0, 0.1) is 11.8 Å². The largest absolute Gasteiger partial charge is 0.439 e. The van der Waals surface area contributed by atoms with E-state index in [0.29, 0.717) is 30.6 Å². The van der Waals surface area contributed by atoms with Gasteiger partial charge in [-0.15, -0.1) is 0 Å². The molecule has 4 rings (SSSR count). The van der Waals surface area contributed by atoms with Gasteiger partial charge >= 0.3 is 12.4 Å². The number of hydrogen-bond donors (Lipinski definition) is 2. The van der Waals surface area contributed by atoms with Crippen LogP contribution >= 0.6 is 0 Å². The Bertz CT molecular complexity index is 1090. The molecule has 11 heteroatoms. The number of alkyl halides is 6. The predicted octanol–water partition coefficient (Wildman–Crippen LogP) is 5.80. The molecule has 196 valence electrons. The van der Waals surface area contributed by atoms with E-state index in [-0.39, 0.29) is 24.3 Å². The van der Waals surface area contributed by atoms with E-state index in [0.717, 1.165) is 30.5 Å². The van der Waals surface area contributed by atoms with Gasteiger partial charge in [-0.25, -0.2) is 4.68 Å². The molecule has 0 amide bonds. The number of halogens is 6. The van der Waals surface area contributed by atoms with E-state index in [9.17, 15) is 26.3 Å². The van der Waals surface area contributed by atoms with Gasteiger partial charge in [-0.3, -0.25) is 0 Å². The molecule has 0 bridgehead atoms. The van der Waals surface area contributed by atoms with Gasteiger partial charge in [-0.1, -0.05) is 18.2 Å². The first-order valence-corrected chi connectivity index (χ1v) is 11.9. The standard InChI is InChI=1S/C25H28F6N4O/c1-2-35-23(36-21-7-5-19(6-8-21)25(29,30)31)14-22(34-35)17-4-3-16-12-20(13-18(16)11-17)33-10-9-32-15-24(26,27)28/h3-8,11,14,16,18,20,32-33H,2,9-10,12-13,15H2,1H3. The SMILES string of the molecule is CCn1nc(C2=CC3CC(NCCNCC(F)(F)F)CC3C=C2)cc1Oc1ccc(C(F)(F)F)cc1. The molecule has 0 aliphatic heterocycles. The van der Waals surface area contributed by atoms with Crippen molar-refractivity contribution in [3.05, 3.63) is 59.8 Å². The Morgan fingerprint density at radius 2 is 1.75 bits per heavy atom. The van der Waals surface area contributed by atoms with E-state index < -0.39 is 24.5 Å². The maximum absolute atomic E-state index is 12.8. The second-order valence-electron chi connectivity index (χ2n) is 9.03. The molecule has 0 spiro atoms. The number of allylic oxidation sites excluding steroid dienone is 4. The van der Waals surface area contributed by atoms with Gasteiger partial charge in [-0.2, -0.15) is 31.4 Å². The summed E-state index contributed by atoms with van der Waals surface area (Å²) in [4.78, 5) is 0. The Morgan fingerprint density at radius 1 is 1.03 bits per heavy atom. The van der Waals surface area contributed by atoms with Crippen molar-refractivity contribution in [1.82, 2.24) is 20.4 Å². The van der Waals surface area contributed by atoms with Gasteiger partial charge in [0.05, 0.1) is 17.8 Å². The molecule has 1 fully saturated rings. The number of hydrogen-bond acceptors (Lipinski definition) is 4. The lowest BCUT2D eigenvalue weighted by atomic mass is 9.88. The molecular formula is C25H28F6N4O. The van der Waals surface area contributed by atoms with Gasteiger partial charge in [0.25, 0.3) is 0 Å². The van der Waals surface area contributed by atoms with Crippen LogP contribution in [0.3, 0.4) is 0 Å². The molecule has 1 heterocycles. The molecule has 2 aromatic rings. The number of aryl methyl sites for hydroxylation is 1. The summed E-state index contributed by atoms with van der Waals surface area (Å²) < 4.78 is 82.6. The number of ether oxygens (including phenoxy) is 1. The van der Waals surface area contributed by atoms with Crippen LogP contribution in [0.15, 0.2) is 48.6 Å². The highest BCUT2D eigenvalue weighted by molar-refractivity contribution is 5.73. The number of nitrogens with one attached hydrogen (secondary N) is 2. The Balaban J connectivity index is 1.36. The van der Waals surface area contributed by atoms with Gasteiger partial charge in [0, 0.05) is 31.7 Å². The molecule has 0 saturated heterocycles. The van der Waals surface area contributed by atoms with Gasteiger partial charge in [0.1, 0.15) is 5.75 Å². The van der Waals surface area contributed by atoms with Crippen LogP contribution in [0.25, 0.3) is 5.57 Å². The zero-order chi connectivity index (χ0) is 25.9.